The number of aryl methyl sites for hydroxylation is 1. The maximum Gasteiger partial charge on any atom is 0.251 e. The topological polar surface area (TPSA) is 75.7 Å². The number of rotatable bonds is 9. The number of para-hydroxylation sites is 2. The van der Waals surface area contributed by atoms with Crippen molar-refractivity contribution in [1.82, 2.24) is 5.32 Å². The summed E-state index contributed by atoms with van der Waals surface area (Å²) in [5, 5.41) is 3.31. The van der Waals surface area contributed by atoms with Gasteiger partial charge in [-0.2, -0.15) is 0 Å². The van der Waals surface area contributed by atoms with Gasteiger partial charge in [0.2, 0.25) is 10.0 Å². The van der Waals surface area contributed by atoms with E-state index >= 15 is 0 Å². The maximum atomic E-state index is 12.4. The second kappa shape index (κ2) is 10.5. The van der Waals surface area contributed by atoms with Crippen molar-refractivity contribution >= 4 is 33.2 Å². The standard InChI is InChI=1S/C24H25ClN2O4S/c1-18-7-3-5-9-22(18)27(32(2,29)30)17-19-11-13-20(14-12-19)24(28)26-15-16-31-23-10-6-4-8-21(23)25/h3-14H,15-17H2,1-2H3,(H,26,28). The van der Waals surface area contributed by atoms with E-state index < -0.39 is 10.0 Å². The van der Waals surface area contributed by atoms with Crippen LogP contribution in [0.3, 0.4) is 0 Å². The van der Waals surface area contributed by atoms with Crippen LogP contribution >= 0.6 is 11.6 Å². The summed E-state index contributed by atoms with van der Waals surface area (Å²) < 4.78 is 31.7. The molecule has 168 valence electrons. The zero-order chi connectivity index (χ0) is 23.1. The average Bonchev–Trinajstić information content (AvgIpc) is 2.76. The Morgan fingerprint density at radius 1 is 1.00 bits per heavy atom. The normalized spacial score (nSPS) is 11.1. The van der Waals surface area contributed by atoms with Crippen LogP contribution in [-0.2, 0) is 16.6 Å². The molecule has 0 unspecified atom stereocenters. The molecular formula is C24H25ClN2O4S. The molecule has 0 bridgehead atoms. The molecule has 0 aliphatic heterocycles. The smallest absolute Gasteiger partial charge is 0.251 e. The van der Waals surface area contributed by atoms with Crippen molar-refractivity contribution in [3.8, 4) is 5.75 Å². The highest BCUT2D eigenvalue weighted by molar-refractivity contribution is 7.92. The summed E-state index contributed by atoms with van der Waals surface area (Å²) in [4.78, 5) is 12.4. The minimum atomic E-state index is -3.48. The molecule has 3 rings (SSSR count). The minimum absolute atomic E-state index is 0.178. The molecule has 0 saturated carbocycles. The maximum absolute atomic E-state index is 12.4. The van der Waals surface area contributed by atoms with Crippen molar-refractivity contribution in [2.24, 2.45) is 0 Å². The first kappa shape index (κ1) is 23.6. The molecule has 0 aliphatic carbocycles. The van der Waals surface area contributed by atoms with E-state index in [4.69, 9.17) is 16.3 Å². The van der Waals surface area contributed by atoms with Gasteiger partial charge in [0.1, 0.15) is 12.4 Å². The second-order valence-corrected chi connectivity index (χ2v) is 9.60. The molecule has 0 fully saturated rings. The fourth-order valence-electron chi connectivity index (χ4n) is 3.14. The molecule has 0 saturated heterocycles. The number of halogens is 1. The second-order valence-electron chi connectivity index (χ2n) is 7.29. The van der Waals surface area contributed by atoms with Gasteiger partial charge in [-0.15, -0.1) is 0 Å². The molecule has 3 aromatic rings. The lowest BCUT2D eigenvalue weighted by molar-refractivity contribution is 0.0947. The number of hydrogen-bond acceptors (Lipinski definition) is 4. The molecule has 0 atom stereocenters. The molecule has 32 heavy (non-hydrogen) atoms. The Balaban J connectivity index is 1.59. The molecule has 0 radical (unpaired) electrons. The summed E-state index contributed by atoms with van der Waals surface area (Å²) in [5.41, 5.74) is 2.76. The van der Waals surface area contributed by atoms with Gasteiger partial charge in [0, 0.05) is 5.56 Å². The van der Waals surface area contributed by atoms with Gasteiger partial charge in [-0.1, -0.05) is 54.1 Å². The molecule has 0 heterocycles. The summed E-state index contributed by atoms with van der Waals surface area (Å²) in [6.45, 7) is 2.65. The third-order valence-corrected chi connectivity index (χ3v) is 6.25. The van der Waals surface area contributed by atoms with Crippen molar-refractivity contribution < 1.29 is 17.9 Å². The highest BCUT2D eigenvalue weighted by Gasteiger charge is 2.19. The van der Waals surface area contributed by atoms with E-state index in [1.165, 1.54) is 10.6 Å². The van der Waals surface area contributed by atoms with Crippen LogP contribution in [0, 0.1) is 6.92 Å². The Morgan fingerprint density at radius 2 is 1.66 bits per heavy atom. The fourth-order valence-corrected chi connectivity index (χ4v) is 4.28. The van der Waals surface area contributed by atoms with Gasteiger partial charge < -0.3 is 10.1 Å². The number of anilines is 1. The number of hydrogen-bond donors (Lipinski definition) is 1. The summed E-state index contributed by atoms with van der Waals surface area (Å²) in [6, 6.07) is 21.3. The first-order valence-corrected chi connectivity index (χ1v) is 12.3. The first-order chi connectivity index (χ1) is 15.3. The number of amides is 1. The largest absolute Gasteiger partial charge is 0.490 e. The lowest BCUT2D eigenvalue weighted by atomic mass is 10.1. The molecule has 0 aromatic heterocycles. The van der Waals surface area contributed by atoms with E-state index in [0.717, 1.165) is 11.1 Å². The Labute approximate surface area is 193 Å². The van der Waals surface area contributed by atoms with Gasteiger partial charge in [0.15, 0.2) is 0 Å². The number of carbonyl (C=O) groups excluding carboxylic acids is 1. The average molecular weight is 473 g/mol. The molecule has 6 nitrogen and oxygen atoms in total. The highest BCUT2D eigenvalue weighted by Crippen LogP contribution is 2.25. The van der Waals surface area contributed by atoms with Crippen molar-refractivity contribution in [1.29, 1.82) is 0 Å². The Bertz CT molecular complexity index is 1180. The Hall–Kier alpha value is -3.03. The Kier molecular flexibility index (Phi) is 7.77. The van der Waals surface area contributed by atoms with Crippen LogP contribution in [0.1, 0.15) is 21.5 Å². The van der Waals surface area contributed by atoms with Gasteiger partial charge >= 0.3 is 0 Å². The summed E-state index contributed by atoms with van der Waals surface area (Å²) in [5.74, 6) is 0.329. The van der Waals surface area contributed by atoms with Crippen molar-refractivity contribution in [3.05, 3.63) is 94.5 Å². The molecular weight excluding hydrogens is 448 g/mol. The zero-order valence-corrected chi connectivity index (χ0v) is 19.5. The zero-order valence-electron chi connectivity index (χ0n) is 17.9. The molecule has 1 N–H and O–H groups in total. The Morgan fingerprint density at radius 3 is 2.31 bits per heavy atom. The van der Waals surface area contributed by atoms with E-state index in [-0.39, 0.29) is 19.1 Å². The van der Waals surface area contributed by atoms with Crippen LogP contribution in [0.5, 0.6) is 5.75 Å². The van der Waals surface area contributed by atoms with Gasteiger partial charge in [0.05, 0.1) is 30.1 Å². The van der Waals surface area contributed by atoms with Gasteiger partial charge in [0.25, 0.3) is 5.91 Å². The van der Waals surface area contributed by atoms with Crippen LogP contribution in [0.2, 0.25) is 5.02 Å². The number of sulfonamides is 1. The van der Waals surface area contributed by atoms with Gasteiger partial charge in [-0.25, -0.2) is 8.42 Å². The predicted octanol–water partition coefficient (Wildman–Crippen LogP) is 4.42. The quantitative estimate of drug-likeness (QED) is 0.467. The van der Waals surface area contributed by atoms with E-state index in [1.54, 1.807) is 42.5 Å². The minimum Gasteiger partial charge on any atom is -0.490 e. The number of carbonyl (C=O) groups is 1. The molecule has 0 aliphatic rings. The number of nitrogens with one attached hydrogen (secondary N) is 1. The first-order valence-electron chi connectivity index (χ1n) is 10.0. The molecule has 8 heteroatoms. The number of nitrogens with zero attached hydrogens (tertiary/aromatic N) is 1. The molecule has 0 spiro atoms. The summed E-state index contributed by atoms with van der Waals surface area (Å²) in [7, 11) is -3.48. The summed E-state index contributed by atoms with van der Waals surface area (Å²) in [6.07, 6.45) is 1.19. The third kappa shape index (κ3) is 6.24. The SMILES string of the molecule is Cc1ccccc1N(Cc1ccc(C(=O)NCCOc2ccccc2Cl)cc1)S(C)(=O)=O. The van der Waals surface area contributed by atoms with E-state index in [1.807, 2.05) is 37.3 Å². The van der Waals surface area contributed by atoms with E-state index in [0.29, 0.717) is 28.6 Å². The van der Waals surface area contributed by atoms with Crippen molar-refractivity contribution in [2.45, 2.75) is 13.5 Å². The van der Waals surface area contributed by atoms with Gasteiger partial charge in [-0.05, 0) is 48.4 Å². The lowest BCUT2D eigenvalue weighted by Crippen LogP contribution is -2.30. The third-order valence-electron chi connectivity index (χ3n) is 4.81. The summed E-state index contributed by atoms with van der Waals surface area (Å²) >= 11 is 6.03. The van der Waals surface area contributed by atoms with Crippen LogP contribution < -0.4 is 14.4 Å². The van der Waals surface area contributed by atoms with Crippen LogP contribution in [-0.4, -0.2) is 33.7 Å². The number of ether oxygens (including phenoxy) is 1. The van der Waals surface area contributed by atoms with Crippen LogP contribution in [0.4, 0.5) is 5.69 Å². The highest BCUT2D eigenvalue weighted by atomic mass is 35.5. The number of benzene rings is 3. The van der Waals surface area contributed by atoms with Gasteiger partial charge in [-0.3, -0.25) is 9.10 Å². The fraction of sp³-hybridized carbons (Fsp3) is 0.208. The van der Waals surface area contributed by atoms with Crippen molar-refractivity contribution in [2.75, 3.05) is 23.7 Å². The van der Waals surface area contributed by atoms with E-state index in [9.17, 15) is 13.2 Å². The predicted molar refractivity (Wildman–Crippen MR) is 128 cm³/mol. The van der Waals surface area contributed by atoms with Crippen LogP contribution in [0.15, 0.2) is 72.8 Å². The van der Waals surface area contributed by atoms with Crippen molar-refractivity contribution in [3.63, 3.8) is 0 Å². The molecule has 3 aromatic carbocycles. The van der Waals surface area contributed by atoms with E-state index in [2.05, 4.69) is 5.32 Å². The monoisotopic (exact) mass is 472 g/mol. The van der Waals surface area contributed by atoms with Crippen LogP contribution in [0.25, 0.3) is 0 Å². The molecule has 1 amide bonds. The lowest BCUT2D eigenvalue weighted by Gasteiger charge is -2.24.